The summed E-state index contributed by atoms with van der Waals surface area (Å²) in [5, 5.41) is 19.3. The summed E-state index contributed by atoms with van der Waals surface area (Å²) >= 11 is 0. The first-order valence-electron chi connectivity index (χ1n) is 4.76. The number of carboxylic acids is 1. The largest absolute Gasteiger partial charge is 0.481 e. The number of non-ortho nitro benzene ring substituents is 1. The number of hydrogen-bond acceptors (Lipinski definition) is 4. The Kier molecular flexibility index (Phi) is 3.74. The van der Waals surface area contributed by atoms with Gasteiger partial charge in [-0.05, 0) is 6.07 Å². The molecule has 0 aliphatic heterocycles. The number of nitro groups is 1. The van der Waals surface area contributed by atoms with E-state index in [9.17, 15) is 19.3 Å². The second-order valence-corrected chi connectivity index (χ2v) is 3.62. The summed E-state index contributed by atoms with van der Waals surface area (Å²) < 4.78 is 13.4. The molecule has 0 aromatic heterocycles. The van der Waals surface area contributed by atoms with E-state index in [1.54, 1.807) is 0 Å². The molecule has 0 radical (unpaired) electrons. The van der Waals surface area contributed by atoms with Crippen molar-refractivity contribution in [1.29, 1.82) is 0 Å². The van der Waals surface area contributed by atoms with Gasteiger partial charge in [-0.3, -0.25) is 14.9 Å². The highest BCUT2D eigenvalue weighted by Crippen LogP contribution is 2.26. The highest BCUT2D eigenvalue weighted by Gasteiger charge is 2.25. The highest BCUT2D eigenvalue weighted by molar-refractivity contribution is 5.70. The number of carbonyl (C=O) groups is 1. The topological polar surface area (TPSA) is 106 Å². The SMILES string of the molecule is CC(C(=O)O)C(N)c1cc([N+](=O)[O-])ccc1F. The number of benzene rings is 1. The van der Waals surface area contributed by atoms with Crippen LogP contribution in [0.15, 0.2) is 18.2 Å². The van der Waals surface area contributed by atoms with Crippen LogP contribution in [0.1, 0.15) is 18.5 Å². The molecule has 0 heterocycles. The number of halogens is 1. The Morgan fingerprint density at radius 2 is 2.18 bits per heavy atom. The van der Waals surface area contributed by atoms with Gasteiger partial charge in [-0.1, -0.05) is 6.92 Å². The summed E-state index contributed by atoms with van der Waals surface area (Å²) in [5.41, 5.74) is 5.07. The Hall–Kier alpha value is -2.02. The predicted octanol–water partition coefficient (Wildman–Crippen LogP) is 1.45. The Labute approximate surface area is 96.0 Å². The van der Waals surface area contributed by atoms with Crippen LogP contribution in [-0.4, -0.2) is 16.0 Å². The molecule has 17 heavy (non-hydrogen) atoms. The van der Waals surface area contributed by atoms with Gasteiger partial charge in [0.2, 0.25) is 0 Å². The Morgan fingerprint density at radius 3 is 2.65 bits per heavy atom. The van der Waals surface area contributed by atoms with Gasteiger partial charge < -0.3 is 10.8 Å². The lowest BCUT2D eigenvalue weighted by atomic mass is 9.95. The van der Waals surface area contributed by atoms with Gasteiger partial charge in [0.05, 0.1) is 10.8 Å². The standard InChI is InChI=1S/C10H11FN2O4/c1-5(10(14)15)9(12)7-4-6(13(16)17)2-3-8(7)11/h2-5,9H,12H2,1H3,(H,14,15). The van der Waals surface area contributed by atoms with E-state index in [4.69, 9.17) is 10.8 Å². The zero-order valence-electron chi connectivity index (χ0n) is 8.96. The van der Waals surface area contributed by atoms with E-state index in [-0.39, 0.29) is 11.3 Å². The van der Waals surface area contributed by atoms with Crippen molar-refractivity contribution in [2.45, 2.75) is 13.0 Å². The van der Waals surface area contributed by atoms with Crippen molar-refractivity contribution in [3.8, 4) is 0 Å². The molecule has 92 valence electrons. The van der Waals surface area contributed by atoms with Gasteiger partial charge >= 0.3 is 5.97 Å². The average molecular weight is 242 g/mol. The second kappa shape index (κ2) is 4.88. The lowest BCUT2D eigenvalue weighted by Crippen LogP contribution is -2.26. The number of carboxylic acid groups (broad SMARTS) is 1. The molecule has 1 rings (SSSR count). The Bertz CT molecular complexity index is 464. The van der Waals surface area contributed by atoms with E-state index in [1.807, 2.05) is 0 Å². The van der Waals surface area contributed by atoms with Crippen molar-refractivity contribution in [3.63, 3.8) is 0 Å². The van der Waals surface area contributed by atoms with Crippen LogP contribution in [0.3, 0.4) is 0 Å². The molecule has 7 heteroatoms. The van der Waals surface area contributed by atoms with E-state index in [2.05, 4.69) is 0 Å². The first-order valence-corrected chi connectivity index (χ1v) is 4.76. The van der Waals surface area contributed by atoms with E-state index >= 15 is 0 Å². The van der Waals surface area contributed by atoms with Gasteiger partial charge in [0.15, 0.2) is 0 Å². The zero-order chi connectivity index (χ0) is 13.2. The predicted molar refractivity (Wildman–Crippen MR) is 56.8 cm³/mol. The lowest BCUT2D eigenvalue weighted by Gasteiger charge is -2.16. The van der Waals surface area contributed by atoms with Crippen molar-refractivity contribution in [2.24, 2.45) is 11.7 Å². The highest BCUT2D eigenvalue weighted by atomic mass is 19.1. The lowest BCUT2D eigenvalue weighted by molar-refractivity contribution is -0.385. The molecule has 0 amide bonds. The summed E-state index contributed by atoms with van der Waals surface area (Å²) in [6.45, 7) is 1.31. The smallest absolute Gasteiger partial charge is 0.308 e. The molecule has 0 fully saturated rings. The number of nitrogens with zero attached hydrogens (tertiary/aromatic N) is 1. The fraction of sp³-hybridized carbons (Fsp3) is 0.300. The van der Waals surface area contributed by atoms with Crippen molar-refractivity contribution in [1.82, 2.24) is 0 Å². The minimum Gasteiger partial charge on any atom is -0.481 e. The first kappa shape index (κ1) is 13.0. The quantitative estimate of drug-likeness (QED) is 0.613. The third-order valence-electron chi connectivity index (χ3n) is 2.48. The second-order valence-electron chi connectivity index (χ2n) is 3.62. The molecular weight excluding hydrogens is 231 g/mol. The molecule has 0 spiro atoms. The summed E-state index contributed by atoms with van der Waals surface area (Å²) in [5.74, 6) is -2.98. The Balaban J connectivity index is 3.16. The fourth-order valence-electron chi connectivity index (χ4n) is 1.32. The van der Waals surface area contributed by atoms with Gasteiger partial charge in [0, 0.05) is 23.7 Å². The minimum absolute atomic E-state index is 0.172. The molecular formula is C10H11FN2O4. The zero-order valence-corrected chi connectivity index (χ0v) is 8.96. The molecule has 0 aliphatic carbocycles. The van der Waals surface area contributed by atoms with Crippen molar-refractivity contribution < 1.29 is 19.2 Å². The molecule has 3 N–H and O–H groups in total. The van der Waals surface area contributed by atoms with Gasteiger partial charge in [0.1, 0.15) is 5.82 Å². The summed E-state index contributed by atoms with van der Waals surface area (Å²) in [6, 6.07) is 1.73. The number of rotatable bonds is 4. The van der Waals surface area contributed by atoms with Crippen LogP contribution in [0.25, 0.3) is 0 Å². The average Bonchev–Trinajstić information content (AvgIpc) is 2.27. The van der Waals surface area contributed by atoms with E-state index in [0.717, 1.165) is 18.2 Å². The van der Waals surface area contributed by atoms with Crippen LogP contribution in [0.4, 0.5) is 10.1 Å². The monoisotopic (exact) mass is 242 g/mol. The fourth-order valence-corrected chi connectivity index (χ4v) is 1.32. The van der Waals surface area contributed by atoms with E-state index in [0.29, 0.717) is 0 Å². The van der Waals surface area contributed by atoms with Gasteiger partial charge in [-0.25, -0.2) is 4.39 Å². The van der Waals surface area contributed by atoms with Crippen LogP contribution < -0.4 is 5.73 Å². The minimum atomic E-state index is -1.19. The van der Waals surface area contributed by atoms with Crippen molar-refractivity contribution in [3.05, 3.63) is 39.7 Å². The number of aliphatic carboxylic acids is 1. The molecule has 0 bridgehead atoms. The molecule has 6 nitrogen and oxygen atoms in total. The molecule has 1 aromatic carbocycles. The van der Waals surface area contributed by atoms with Crippen molar-refractivity contribution >= 4 is 11.7 Å². The molecule has 0 aliphatic rings. The first-order chi connectivity index (χ1) is 7.84. The molecule has 2 atom stereocenters. The summed E-state index contributed by atoms with van der Waals surface area (Å²) in [7, 11) is 0. The van der Waals surface area contributed by atoms with Crippen molar-refractivity contribution in [2.75, 3.05) is 0 Å². The van der Waals surface area contributed by atoms with E-state index in [1.165, 1.54) is 6.92 Å². The molecule has 2 unspecified atom stereocenters. The third kappa shape index (κ3) is 2.76. The maximum atomic E-state index is 13.4. The number of nitro benzene ring substituents is 1. The van der Waals surface area contributed by atoms with Gasteiger partial charge in [-0.2, -0.15) is 0 Å². The van der Waals surface area contributed by atoms with Gasteiger partial charge in [0.25, 0.3) is 5.69 Å². The maximum absolute atomic E-state index is 13.4. The summed E-state index contributed by atoms with van der Waals surface area (Å²) in [6.07, 6.45) is 0. The maximum Gasteiger partial charge on any atom is 0.308 e. The van der Waals surface area contributed by atoms with Crippen LogP contribution in [-0.2, 0) is 4.79 Å². The summed E-state index contributed by atoms with van der Waals surface area (Å²) in [4.78, 5) is 20.5. The van der Waals surface area contributed by atoms with Crippen LogP contribution in [0.5, 0.6) is 0 Å². The van der Waals surface area contributed by atoms with E-state index < -0.39 is 28.7 Å². The Morgan fingerprint density at radius 1 is 1.59 bits per heavy atom. The third-order valence-corrected chi connectivity index (χ3v) is 2.48. The molecule has 0 saturated heterocycles. The van der Waals surface area contributed by atoms with Gasteiger partial charge in [-0.15, -0.1) is 0 Å². The number of nitrogens with two attached hydrogens (primary N) is 1. The normalized spacial score (nSPS) is 14.1. The molecule has 0 saturated carbocycles. The molecule has 1 aromatic rings. The number of hydrogen-bond donors (Lipinski definition) is 2. The van der Waals surface area contributed by atoms with Crippen LogP contribution >= 0.6 is 0 Å². The van der Waals surface area contributed by atoms with Crippen LogP contribution in [0.2, 0.25) is 0 Å². The van der Waals surface area contributed by atoms with Crippen LogP contribution in [0, 0.1) is 21.8 Å².